The lowest BCUT2D eigenvalue weighted by molar-refractivity contribution is -0.121. The van der Waals surface area contributed by atoms with Crippen LogP contribution in [0.5, 0.6) is 0 Å². The molecule has 1 aromatic carbocycles. The minimum atomic E-state index is -0.0448. The third kappa shape index (κ3) is 4.32. The monoisotopic (exact) mass is 334 g/mol. The molecule has 1 unspecified atom stereocenters. The highest BCUT2D eigenvalue weighted by Gasteiger charge is 2.11. The first-order chi connectivity index (χ1) is 12.2. The van der Waals surface area contributed by atoms with Crippen LogP contribution in [0, 0.1) is 0 Å². The van der Waals surface area contributed by atoms with Gasteiger partial charge >= 0.3 is 0 Å². The summed E-state index contributed by atoms with van der Waals surface area (Å²) in [4.78, 5) is 16.4. The zero-order valence-electron chi connectivity index (χ0n) is 14.5. The molecule has 0 aliphatic carbocycles. The molecular weight excluding hydrogens is 312 g/mol. The van der Waals surface area contributed by atoms with Gasteiger partial charge in [-0.05, 0) is 42.2 Å². The molecule has 0 saturated heterocycles. The summed E-state index contributed by atoms with van der Waals surface area (Å²) < 4.78 is 1.82. The van der Waals surface area contributed by atoms with Crippen molar-refractivity contribution in [2.24, 2.45) is 0 Å². The van der Waals surface area contributed by atoms with Crippen molar-refractivity contribution in [2.45, 2.75) is 32.9 Å². The van der Waals surface area contributed by atoms with Gasteiger partial charge in [-0.15, -0.1) is 0 Å². The Morgan fingerprint density at radius 2 is 1.96 bits per heavy atom. The molecule has 1 N–H and O–H groups in total. The Balaban J connectivity index is 1.60. The number of pyridine rings is 1. The Hall–Kier alpha value is -2.95. The fourth-order valence-corrected chi connectivity index (χ4v) is 2.73. The summed E-state index contributed by atoms with van der Waals surface area (Å²) in [6, 6.07) is 12.1. The van der Waals surface area contributed by atoms with Crippen LogP contribution in [0.2, 0.25) is 0 Å². The first kappa shape index (κ1) is 16.9. The summed E-state index contributed by atoms with van der Waals surface area (Å²) in [5.74, 6) is -0.000473. The molecule has 0 spiro atoms. The summed E-state index contributed by atoms with van der Waals surface area (Å²) in [5, 5.41) is 7.24. The highest BCUT2D eigenvalue weighted by atomic mass is 16.1. The number of aromatic nitrogens is 3. The SMILES string of the molecule is CCn1cc(CC(=O)NC(C)c2ccc(-c3cccnc3)cc2)cn1. The number of rotatable bonds is 6. The average Bonchev–Trinajstić information content (AvgIpc) is 3.10. The van der Waals surface area contributed by atoms with Gasteiger partial charge in [0.1, 0.15) is 0 Å². The van der Waals surface area contributed by atoms with Crippen LogP contribution >= 0.6 is 0 Å². The van der Waals surface area contributed by atoms with E-state index in [4.69, 9.17) is 0 Å². The van der Waals surface area contributed by atoms with E-state index in [1.165, 1.54) is 0 Å². The molecule has 0 saturated carbocycles. The van der Waals surface area contributed by atoms with Gasteiger partial charge in [-0.1, -0.05) is 30.3 Å². The first-order valence-corrected chi connectivity index (χ1v) is 8.46. The van der Waals surface area contributed by atoms with Gasteiger partial charge < -0.3 is 5.32 Å². The summed E-state index contributed by atoms with van der Waals surface area (Å²) >= 11 is 0. The number of nitrogens with zero attached hydrogens (tertiary/aromatic N) is 3. The Morgan fingerprint density at radius 3 is 2.60 bits per heavy atom. The predicted molar refractivity (Wildman–Crippen MR) is 97.8 cm³/mol. The van der Waals surface area contributed by atoms with Gasteiger partial charge in [-0.2, -0.15) is 5.10 Å². The lowest BCUT2D eigenvalue weighted by Gasteiger charge is -2.14. The van der Waals surface area contributed by atoms with Crippen molar-refractivity contribution in [1.29, 1.82) is 0 Å². The predicted octanol–water partition coefficient (Wildman–Crippen LogP) is 3.38. The molecule has 5 nitrogen and oxygen atoms in total. The van der Waals surface area contributed by atoms with Crippen molar-refractivity contribution >= 4 is 5.91 Å². The van der Waals surface area contributed by atoms with E-state index < -0.39 is 0 Å². The molecule has 2 aromatic heterocycles. The molecular formula is C20H22N4O. The van der Waals surface area contributed by atoms with E-state index in [2.05, 4.69) is 27.5 Å². The van der Waals surface area contributed by atoms with Crippen LogP contribution in [0.25, 0.3) is 11.1 Å². The van der Waals surface area contributed by atoms with E-state index in [0.717, 1.165) is 28.8 Å². The third-order valence-corrected chi connectivity index (χ3v) is 4.16. The molecule has 5 heteroatoms. The quantitative estimate of drug-likeness (QED) is 0.752. The summed E-state index contributed by atoms with van der Waals surface area (Å²) in [6.45, 7) is 4.82. The first-order valence-electron chi connectivity index (χ1n) is 8.46. The molecule has 0 bridgehead atoms. The highest BCUT2D eigenvalue weighted by Crippen LogP contribution is 2.21. The van der Waals surface area contributed by atoms with Crippen LogP contribution in [-0.2, 0) is 17.8 Å². The fourth-order valence-electron chi connectivity index (χ4n) is 2.73. The molecule has 25 heavy (non-hydrogen) atoms. The number of hydrogen-bond donors (Lipinski definition) is 1. The second-order valence-corrected chi connectivity index (χ2v) is 6.03. The van der Waals surface area contributed by atoms with Crippen molar-refractivity contribution in [3.8, 4) is 11.1 Å². The van der Waals surface area contributed by atoms with Crippen LogP contribution in [0.4, 0.5) is 0 Å². The van der Waals surface area contributed by atoms with E-state index in [9.17, 15) is 4.79 Å². The van der Waals surface area contributed by atoms with E-state index >= 15 is 0 Å². The van der Waals surface area contributed by atoms with Gasteiger partial charge in [0.05, 0.1) is 18.7 Å². The van der Waals surface area contributed by atoms with E-state index in [-0.39, 0.29) is 11.9 Å². The largest absolute Gasteiger partial charge is 0.349 e. The zero-order valence-corrected chi connectivity index (χ0v) is 14.5. The van der Waals surface area contributed by atoms with Crippen molar-refractivity contribution in [3.05, 3.63) is 72.3 Å². The lowest BCUT2D eigenvalue weighted by atomic mass is 10.0. The van der Waals surface area contributed by atoms with Crippen LogP contribution < -0.4 is 5.32 Å². The topological polar surface area (TPSA) is 59.8 Å². The molecule has 0 aliphatic rings. The molecule has 1 atom stereocenters. The summed E-state index contributed by atoms with van der Waals surface area (Å²) in [6.07, 6.45) is 7.61. The molecule has 1 amide bonds. The van der Waals surface area contributed by atoms with E-state index in [1.807, 2.05) is 55.2 Å². The number of benzene rings is 1. The normalized spacial score (nSPS) is 11.9. The second-order valence-electron chi connectivity index (χ2n) is 6.03. The van der Waals surface area contributed by atoms with Crippen molar-refractivity contribution in [1.82, 2.24) is 20.1 Å². The van der Waals surface area contributed by atoms with Crippen LogP contribution in [-0.4, -0.2) is 20.7 Å². The minimum Gasteiger partial charge on any atom is -0.349 e. The molecule has 0 radical (unpaired) electrons. The Bertz CT molecular complexity index is 824. The molecule has 3 rings (SSSR count). The smallest absolute Gasteiger partial charge is 0.225 e. The van der Waals surface area contributed by atoms with Gasteiger partial charge in [0, 0.05) is 25.1 Å². The maximum atomic E-state index is 12.2. The fraction of sp³-hybridized carbons (Fsp3) is 0.250. The highest BCUT2D eigenvalue weighted by molar-refractivity contribution is 5.78. The number of aryl methyl sites for hydroxylation is 1. The van der Waals surface area contributed by atoms with Gasteiger partial charge in [-0.3, -0.25) is 14.5 Å². The standard InChI is InChI=1S/C20H22N4O/c1-3-24-14-16(12-22-24)11-20(25)23-15(2)17-6-8-18(9-7-17)19-5-4-10-21-13-19/h4-10,12-15H,3,11H2,1-2H3,(H,23,25). The third-order valence-electron chi connectivity index (χ3n) is 4.16. The van der Waals surface area contributed by atoms with Crippen molar-refractivity contribution in [2.75, 3.05) is 0 Å². The van der Waals surface area contributed by atoms with Crippen LogP contribution in [0.1, 0.15) is 31.0 Å². The van der Waals surface area contributed by atoms with Gasteiger partial charge in [0.15, 0.2) is 0 Å². The molecule has 128 valence electrons. The Kier molecular flexibility index (Phi) is 5.23. The van der Waals surface area contributed by atoms with E-state index in [1.54, 1.807) is 12.4 Å². The van der Waals surface area contributed by atoms with E-state index in [0.29, 0.717) is 6.42 Å². The molecule has 0 fully saturated rings. The number of hydrogen-bond acceptors (Lipinski definition) is 3. The van der Waals surface area contributed by atoms with Crippen molar-refractivity contribution in [3.63, 3.8) is 0 Å². The Labute approximate surface area is 147 Å². The van der Waals surface area contributed by atoms with Gasteiger partial charge in [0.25, 0.3) is 0 Å². The molecule has 0 aliphatic heterocycles. The van der Waals surface area contributed by atoms with Gasteiger partial charge in [-0.25, -0.2) is 0 Å². The summed E-state index contributed by atoms with van der Waals surface area (Å²) in [7, 11) is 0. The maximum absolute atomic E-state index is 12.2. The number of amides is 1. The van der Waals surface area contributed by atoms with Crippen molar-refractivity contribution < 1.29 is 4.79 Å². The zero-order chi connectivity index (χ0) is 17.6. The molecule has 3 aromatic rings. The number of carbonyl (C=O) groups is 1. The maximum Gasteiger partial charge on any atom is 0.225 e. The average molecular weight is 334 g/mol. The minimum absolute atomic E-state index is 0.000473. The van der Waals surface area contributed by atoms with Gasteiger partial charge in [0.2, 0.25) is 5.91 Å². The molecule has 2 heterocycles. The number of carbonyl (C=O) groups excluding carboxylic acids is 1. The second kappa shape index (κ2) is 7.75. The van der Waals surface area contributed by atoms with Crippen LogP contribution in [0.15, 0.2) is 61.2 Å². The number of nitrogens with one attached hydrogen (secondary N) is 1. The Morgan fingerprint density at radius 1 is 1.16 bits per heavy atom. The van der Waals surface area contributed by atoms with Crippen LogP contribution in [0.3, 0.4) is 0 Å². The lowest BCUT2D eigenvalue weighted by Crippen LogP contribution is -2.28. The summed E-state index contributed by atoms with van der Waals surface area (Å²) in [5.41, 5.74) is 4.20.